The van der Waals surface area contributed by atoms with Crippen molar-refractivity contribution in [1.82, 2.24) is 0 Å². The van der Waals surface area contributed by atoms with Crippen LogP contribution < -0.4 is 14.4 Å². The van der Waals surface area contributed by atoms with E-state index in [1.807, 2.05) is 0 Å². The zero-order valence-electron chi connectivity index (χ0n) is 17.4. The molecule has 0 aromatic heterocycles. The van der Waals surface area contributed by atoms with Crippen molar-refractivity contribution in [1.29, 1.82) is 0 Å². The van der Waals surface area contributed by atoms with Crippen LogP contribution in [0.2, 0.25) is 5.02 Å². The van der Waals surface area contributed by atoms with Gasteiger partial charge in [0.2, 0.25) is 0 Å². The van der Waals surface area contributed by atoms with Gasteiger partial charge in [0.1, 0.15) is 5.76 Å². The zero-order chi connectivity index (χ0) is 22.8. The molecule has 0 saturated carbocycles. The summed E-state index contributed by atoms with van der Waals surface area (Å²) in [4.78, 5) is 27.6. The number of benzene rings is 3. The molecule has 32 heavy (non-hydrogen) atoms. The van der Waals surface area contributed by atoms with Crippen molar-refractivity contribution in [3.63, 3.8) is 0 Å². The lowest BCUT2D eigenvalue weighted by Gasteiger charge is -2.26. The number of Topliss-reactive ketones (excluding diaryl/α,β-unsaturated/α-hetero) is 1. The standard InChI is InChI=1S/C25H20ClNO5/c1-31-19-12-11-16(13-20(19)32-2)22-21(23(28)15-7-4-3-5-8-15)24(29)25(30)27(22)18-10-6-9-17(26)14-18/h3-14,22,28H,1-2H3/t22-/m0/s1. The van der Waals surface area contributed by atoms with Crippen LogP contribution in [-0.4, -0.2) is 31.0 Å². The highest BCUT2D eigenvalue weighted by Gasteiger charge is 2.47. The van der Waals surface area contributed by atoms with Gasteiger partial charge in [-0.3, -0.25) is 14.5 Å². The van der Waals surface area contributed by atoms with Crippen molar-refractivity contribution in [3.05, 3.63) is 94.5 Å². The molecule has 1 aliphatic rings. The number of ether oxygens (including phenoxy) is 2. The lowest BCUT2D eigenvalue weighted by Crippen LogP contribution is -2.29. The SMILES string of the molecule is COc1ccc([C@H]2C(=C(O)c3ccccc3)C(=O)C(=O)N2c2cccc(Cl)c2)cc1OC. The Kier molecular flexibility index (Phi) is 5.88. The normalized spacial score (nSPS) is 17.5. The molecule has 1 N–H and O–H groups in total. The van der Waals surface area contributed by atoms with E-state index in [2.05, 4.69) is 0 Å². The number of hydrogen-bond acceptors (Lipinski definition) is 5. The summed E-state index contributed by atoms with van der Waals surface area (Å²) in [6.45, 7) is 0. The monoisotopic (exact) mass is 449 g/mol. The van der Waals surface area contributed by atoms with Crippen LogP contribution in [0, 0.1) is 0 Å². The maximum absolute atomic E-state index is 13.2. The minimum absolute atomic E-state index is 0.0200. The van der Waals surface area contributed by atoms with Crippen LogP contribution in [0.15, 0.2) is 78.4 Å². The summed E-state index contributed by atoms with van der Waals surface area (Å²) in [7, 11) is 3.02. The van der Waals surface area contributed by atoms with Gasteiger partial charge in [-0.15, -0.1) is 0 Å². The number of anilines is 1. The van der Waals surface area contributed by atoms with E-state index in [4.69, 9.17) is 21.1 Å². The fourth-order valence-corrected chi connectivity index (χ4v) is 4.00. The number of methoxy groups -OCH3 is 2. The molecule has 162 valence electrons. The Morgan fingerprint density at radius 3 is 2.28 bits per heavy atom. The van der Waals surface area contributed by atoms with Crippen molar-refractivity contribution < 1.29 is 24.2 Å². The molecule has 0 bridgehead atoms. The van der Waals surface area contributed by atoms with Gasteiger partial charge >= 0.3 is 0 Å². The number of amides is 1. The van der Waals surface area contributed by atoms with E-state index in [-0.39, 0.29) is 11.3 Å². The molecular weight excluding hydrogens is 430 g/mol. The predicted molar refractivity (Wildman–Crippen MR) is 122 cm³/mol. The maximum Gasteiger partial charge on any atom is 0.300 e. The summed E-state index contributed by atoms with van der Waals surface area (Å²) < 4.78 is 10.7. The molecule has 1 heterocycles. The zero-order valence-corrected chi connectivity index (χ0v) is 18.2. The van der Waals surface area contributed by atoms with E-state index < -0.39 is 17.7 Å². The van der Waals surface area contributed by atoms with Crippen molar-refractivity contribution in [2.45, 2.75) is 6.04 Å². The van der Waals surface area contributed by atoms with Gasteiger partial charge in [0.15, 0.2) is 11.5 Å². The van der Waals surface area contributed by atoms with Gasteiger partial charge in [0.25, 0.3) is 11.7 Å². The summed E-state index contributed by atoms with van der Waals surface area (Å²) in [6.07, 6.45) is 0. The quantitative estimate of drug-likeness (QED) is 0.337. The third-order valence-electron chi connectivity index (χ3n) is 5.30. The summed E-state index contributed by atoms with van der Waals surface area (Å²) in [6, 6.07) is 19.5. The van der Waals surface area contributed by atoms with Gasteiger partial charge in [0.05, 0.1) is 25.8 Å². The Balaban J connectivity index is 1.97. The van der Waals surface area contributed by atoms with Crippen LogP contribution in [-0.2, 0) is 9.59 Å². The number of halogens is 1. The number of aliphatic hydroxyl groups is 1. The molecule has 0 aliphatic carbocycles. The first kappa shape index (κ1) is 21.5. The molecule has 1 saturated heterocycles. The van der Waals surface area contributed by atoms with Crippen molar-refractivity contribution >= 4 is 34.7 Å². The van der Waals surface area contributed by atoms with E-state index >= 15 is 0 Å². The first-order valence-corrected chi connectivity index (χ1v) is 10.2. The predicted octanol–water partition coefficient (Wildman–Crippen LogP) is 4.98. The average molecular weight is 450 g/mol. The van der Waals surface area contributed by atoms with Crippen LogP contribution in [0.3, 0.4) is 0 Å². The Morgan fingerprint density at radius 2 is 1.62 bits per heavy atom. The molecule has 0 unspecified atom stereocenters. The van der Waals surface area contributed by atoms with Crippen LogP contribution in [0.25, 0.3) is 5.76 Å². The number of ketones is 1. The Morgan fingerprint density at radius 1 is 0.906 bits per heavy atom. The largest absolute Gasteiger partial charge is 0.507 e. The van der Waals surface area contributed by atoms with Gasteiger partial charge in [-0.2, -0.15) is 0 Å². The highest BCUT2D eigenvalue weighted by atomic mass is 35.5. The second-order valence-electron chi connectivity index (χ2n) is 7.13. The number of carbonyl (C=O) groups is 2. The van der Waals surface area contributed by atoms with Gasteiger partial charge in [-0.05, 0) is 35.9 Å². The number of carbonyl (C=O) groups excluding carboxylic acids is 2. The molecule has 4 rings (SSSR count). The molecule has 1 amide bonds. The van der Waals surface area contributed by atoms with Crippen LogP contribution >= 0.6 is 11.6 Å². The van der Waals surface area contributed by atoms with Gasteiger partial charge in [-0.1, -0.05) is 54.1 Å². The lowest BCUT2D eigenvalue weighted by atomic mass is 9.94. The first-order valence-electron chi connectivity index (χ1n) is 9.80. The van der Waals surface area contributed by atoms with Crippen molar-refractivity contribution in [2.75, 3.05) is 19.1 Å². The van der Waals surface area contributed by atoms with E-state index in [9.17, 15) is 14.7 Å². The molecule has 3 aromatic carbocycles. The second-order valence-corrected chi connectivity index (χ2v) is 7.57. The number of rotatable bonds is 5. The smallest absolute Gasteiger partial charge is 0.300 e. The number of aliphatic hydroxyl groups excluding tert-OH is 1. The van der Waals surface area contributed by atoms with Crippen LogP contribution in [0.1, 0.15) is 17.2 Å². The minimum Gasteiger partial charge on any atom is -0.507 e. The molecule has 1 aliphatic heterocycles. The molecule has 0 spiro atoms. The Labute approximate surface area is 190 Å². The Hall–Kier alpha value is -3.77. The van der Waals surface area contributed by atoms with E-state index in [1.165, 1.54) is 19.1 Å². The Bertz CT molecular complexity index is 1220. The third-order valence-corrected chi connectivity index (χ3v) is 5.54. The topological polar surface area (TPSA) is 76.1 Å². The fraction of sp³-hybridized carbons (Fsp3) is 0.120. The van der Waals surface area contributed by atoms with Gasteiger partial charge < -0.3 is 14.6 Å². The fourth-order valence-electron chi connectivity index (χ4n) is 3.81. The molecule has 1 fully saturated rings. The molecule has 3 aromatic rings. The van der Waals surface area contributed by atoms with E-state index in [0.717, 1.165) is 0 Å². The molecule has 6 nitrogen and oxygen atoms in total. The van der Waals surface area contributed by atoms with E-state index in [0.29, 0.717) is 33.3 Å². The summed E-state index contributed by atoms with van der Waals surface area (Å²) >= 11 is 6.16. The molecule has 1 atom stereocenters. The van der Waals surface area contributed by atoms with Gasteiger partial charge in [-0.25, -0.2) is 0 Å². The highest BCUT2D eigenvalue weighted by Crippen LogP contribution is 2.44. The second kappa shape index (κ2) is 8.77. The molecule has 7 heteroatoms. The number of nitrogens with zero attached hydrogens (tertiary/aromatic N) is 1. The molecule has 0 radical (unpaired) electrons. The van der Waals surface area contributed by atoms with Crippen LogP contribution in [0.5, 0.6) is 11.5 Å². The summed E-state index contributed by atoms with van der Waals surface area (Å²) in [5.74, 6) is -0.871. The third kappa shape index (κ3) is 3.69. The molecular formula is C25H20ClNO5. The van der Waals surface area contributed by atoms with E-state index in [1.54, 1.807) is 72.8 Å². The van der Waals surface area contributed by atoms with Crippen molar-refractivity contribution in [3.8, 4) is 11.5 Å². The van der Waals surface area contributed by atoms with Crippen molar-refractivity contribution in [2.24, 2.45) is 0 Å². The minimum atomic E-state index is -0.895. The summed E-state index contributed by atoms with van der Waals surface area (Å²) in [5.41, 5.74) is 1.42. The first-order chi connectivity index (χ1) is 15.5. The van der Waals surface area contributed by atoms with Crippen LogP contribution in [0.4, 0.5) is 5.69 Å². The lowest BCUT2D eigenvalue weighted by molar-refractivity contribution is -0.132. The summed E-state index contributed by atoms with van der Waals surface area (Å²) in [5, 5.41) is 11.5. The van der Waals surface area contributed by atoms with Gasteiger partial charge in [0, 0.05) is 16.3 Å². The highest BCUT2D eigenvalue weighted by molar-refractivity contribution is 6.51. The average Bonchev–Trinajstić information content (AvgIpc) is 3.09. The number of hydrogen-bond donors (Lipinski definition) is 1. The maximum atomic E-state index is 13.2.